The van der Waals surface area contributed by atoms with E-state index in [2.05, 4.69) is 15.9 Å². The molecule has 0 radical (unpaired) electrons. The zero-order chi connectivity index (χ0) is 11.3. The van der Waals surface area contributed by atoms with Crippen LogP contribution in [0.25, 0.3) is 0 Å². The van der Waals surface area contributed by atoms with E-state index < -0.39 is 0 Å². The Balaban J connectivity index is 2.99. The monoisotopic (exact) mass is 288 g/mol. The third kappa shape index (κ3) is 3.38. The first kappa shape index (κ1) is 12.3. The summed E-state index contributed by atoms with van der Waals surface area (Å²) in [5, 5.41) is 18.1. The van der Waals surface area contributed by atoms with Gasteiger partial charge in [-0.3, -0.25) is 0 Å². The molecule has 0 saturated heterocycles. The maximum atomic E-state index is 8.88. The Morgan fingerprint density at radius 2 is 2.27 bits per heavy atom. The minimum absolute atomic E-state index is 0.00940. The number of nitriles is 1. The first-order valence-corrected chi connectivity index (χ1v) is 5.54. The Labute approximate surface area is 102 Å². The molecule has 1 aromatic carbocycles. The Hall–Kier alpha value is -0.760. The van der Waals surface area contributed by atoms with E-state index in [0.717, 1.165) is 10.2 Å². The largest absolute Gasteiger partial charge is 0.395 e. The van der Waals surface area contributed by atoms with Crippen LogP contribution in [-0.2, 0) is 0 Å². The fraction of sp³-hybridized carbons (Fsp3) is 0.300. The van der Waals surface area contributed by atoms with Gasteiger partial charge in [-0.2, -0.15) is 5.26 Å². The van der Waals surface area contributed by atoms with Gasteiger partial charge in [-0.15, -0.1) is 0 Å². The highest BCUT2D eigenvalue weighted by Crippen LogP contribution is 2.28. The van der Waals surface area contributed by atoms with E-state index in [4.69, 9.17) is 22.0 Å². The summed E-state index contributed by atoms with van der Waals surface area (Å²) in [7, 11) is 0. The molecule has 15 heavy (non-hydrogen) atoms. The van der Waals surface area contributed by atoms with E-state index in [-0.39, 0.29) is 13.2 Å². The van der Waals surface area contributed by atoms with Gasteiger partial charge in [0.05, 0.1) is 23.4 Å². The molecule has 0 heterocycles. The number of hydrogen-bond donors (Lipinski definition) is 1. The molecule has 3 nitrogen and oxygen atoms in total. The third-order valence-electron chi connectivity index (χ3n) is 1.88. The van der Waals surface area contributed by atoms with Crippen LogP contribution in [0.3, 0.4) is 0 Å². The third-order valence-corrected chi connectivity index (χ3v) is 2.69. The second kappa shape index (κ2) is 5.96. The van der Waals surface area contributed by atoms with E-state index in [1.807, 2.05) is 18.2 Å². The molecule has 0 aliphatic rings. The van der Waals surface area contributed by atoms with Crippen LogP contribution < -0.4 is 4.90 Å². The van der Waals surface area contributed by atoms with Crippen LogP contribution in [0, 0.1) is 11.3 Å². The van der Waals surface area contributed by atoms with E-state index >= 15 is 0 Å². The van der Waals surface area contributed by atoms with Gasteiger partial charge in [-0.1, -0.05) is 27.5 Å². The molecule has 0 amide bonds. The average molecular weight is 290 g/mol. The van der Waals surface area contributed by atoms with Gasteiger partial charge in [0, 0.05) is 11.0 Å². The van der Waals surface area contributed by atoms with Crippen molar-refractivity contribution in [2.45, 2.75) is 0 Å². The number of halogens is 2. The van der Waals surface area contributed by atoms with E-state index in [0.29, 0.717) is 11.6 Å². The van der Waals surface area contributed by atoms with Crippen LogP contribution in [-0.4, -0.2) is 24.8 Å². The lowest BCUT2D eigenvalue weighted by Crippen LogP contribution is -2.27. The van der Waals surface area contributed by atoms with Crippen molar-refractivity contribution in [3.05, 3.63) is 27.7 Å². The Morgan fingerprint density at radius 3 is 2.87 bits per heavy atom. The van der Waals surface area contributed by atoms with Gasteiger partial charge in [0.15, 0.2) is 0 Å². The van der Waals surface area contributed by atoms with Crippen LogP contribution >= 0.6 is 27.5 Å². The van der Waals surface area contributed by atoms with Gasteiger partial charge in [0.1, 0.15) is 6.54 Å². The van der Waals surface area contributed by atoms with Crippen molar-refractivity contribution in [2.24, 2.45) is 0 Å². The molecule has 1 N–H and O–H groups in total. The summed E-state index contributed by atoms with van der Waals surface area (Å²) in [5.74, 6) is 0. The van der Waals surface area contributed by atoms with Crippen molar-refractivity contribution >= 4 is 33.2 Å². The number of benzene rings is 1. The highest BCUT2D eigenvalue weighted by molar-refractivity contribution is 9.10. The van der Waals surface area contributed by atoms with Crippen LogP contribution in [0.15, 0.2) is 22.7 Å². The Bertz CT molecular complexity index is 378. The summed E-state index contributed by atoms with van der Waals surface area (Å²) in [4.78, 5) is 1.73. The molecule has 0 aliphatic carbocycles. The van der Waals surface area contributed by atoms with Gasteiger partial charge in [0.25, 0.3) is 0 Å². The number of hydrogen-bond acceptors (Lipinski definition) is 3. The smallest absolute Gasteiger partial charge is 0.106 e. The maximum absolute atomic E-state index is 8.88. The lowest BCUT2D eigenvalue weighted by Gasteiger charge is -2.21. The molecule has 0 unspecified atom stereocenters. The van der Waals surface area contributed by atoms with Gasteiger partial charge < -0.3 is 10.0 Å². The number of aliphatic hydroxyl groups excluding tert-OH is 1. The fourth-order valence-electron chi connectivity index (χ4n) is 1.22. The van der Waals surface area contributed by atoms with Crippen LogP contribution in [0.5, 0.6) is 0 Å². The highest BCUT2D eigenvalue weighted by Gasteiger charge is 2.09. The van der Waals surface area contributed by atoms with Gasteiger partial charge in [-0.25, -0.2) is 0 Å². The Morgan fingerprint density at radius 1 is 1.53 bits per heavy atom. The molecule has 0 bridgehead atoms. The molecular formula is C10H10BrClN2O. The van der Waals surface area contributed by atoms with Crippen molar-refractivity contribution < 1.29 is 5.11 Å². The summed E-state index contributed by atoms with van der Waals surface area (Å²) < 4.78 is 0.891. The fourth-order valence-corrected chi connectivity index (χ4v) is 1.80. The number of anilines is 1. The minimum atomic E-state index is -0.00940. The zero-order valence-corrected chi connectivity index (χ0v) is 10.3. The lowest BCUT2D eigenvalue weighted by atomic mass is 10.3. The maximum Gasteiger partial charge on any atom is 0.106 e. The summed E-state index contributed by atoms with van der Waals surface area (Å²) in [6.45, 7) is 0.588. The second-order valence-corrected chi connectivity index (χ2v) is 4.22. The van der Waals surface area contributed by atoms with Crippen molar-refractivity contribution in [3.63, 3.8) is 0 Å². The van der Waals surface area contributed by atoms with Crippen LogP contribution in [0.1, 0.15) is 0 Å². The summed E-state index contributed by atoms with van der Waals surface area (Å²) in [5.41, 5.74) is 0.752. The first-order chi connectivity index (χ1) is 7.19. The first-order valence-electron chi connectivity index (χ1n) is 4.37. The number of aliphatic hydroxyl groups is 1. The molecule has 0 spiro atoms. The van der Waals surface area contributed by atoms with Crippen molar-refractivity contribution in [1.29, 1.82) is 5.26 Å². The van der Waals surface area contributed by atoms with Crippen LogP contribution in [0.2, 0.25) is 5.02 Å². The van der Waals surface area contributed by atoms with Gasteiger partial charge >= 0.3 is 0 Å². The van der Waals surface area contributed by atoms with Crippen molar-refractivity contribution in [2.75, 3.05) is 24.6 Å². The molecule has 0 atom stereocenters. The van der Waals surface area contributed by atoms with E-state index in [9.17, 15) is 0 Å². The predicted octanol–water partition coefficient (Wildman–Crippen LogP) is 2.42. The Kier molecular flexibility index (Phi) is 4.89. The average Bonchev–Trinajstić information content (AvgIpc) is 2.21. The molecule has 80 valence electrons. The van der Waals surface area contributed by atoms with Gasteiger partial charge in [0.2, 0.25) is 0 Å². The lowest BCUT2D eigenvalue weighted by molar-refractivity contribution is 0.303. The van der Waals surface area contributed by atoms with Gasteiger partial charge in [-0.05, 0) is 18.2 Å². The molecule has 5 heteroatoms. The highest BCUT2D eigenvalue weighted by atomic mass is 79.9. The zero-order valence-electron chi connectivity index (χ0n) is 7.95. The standard InChI is InChI=1S/C10H10BrClN2O/c11-8-1-2-9(12)10(7-8)14(4-3-13)5-6-15/h1-2,7,15H,4-6H2. The second-order valence-electron chi connectivity index (χ2n) is 2.90. The molecule has 1 rings (SSSR count). The molecular weight excluding hydrogens is 279 g/mol. The predicted molar refractivity (Wildman–Crippen MR) is 64.1 cm³/mol. The normalized spacial score (nSPS) is 9.73. The number of rotatable bonds is 4. The summed E-state index contributed by atoms with van der Waals surface area (Å²) in [6, 6.07) is 7.45. The summed E-state index contributed by atoms with van der Waals surface area (Å²) in [6.07, 6.45) is 0. The molecule has 0 saturated carbocycles. The number of nitrogens with zero attached hydrogens (tertiary/aromatic N) is 2. The summed E-state index contributed by atoms with van der Waals surface area (Å²) >= 11 is 9.34. The quantitative estimate of drug-likeness (QED) is 0.866. The minimum Gasteiger partial charge on any atom is -0.395 e. The molecule has 0 fully saturated rings. The molecule has 0 aromatic heterocycles. The molecule has 0 aliphatic heterocycles. The van der Waals surface area contributed by atoms with E-state index in [1.165, 1.54) is 0 Å². The van der Waals surface area contributed by atoms with Crippen molar-refractivity contribution in [1.82, 2.24) is 0 Å². The topological polar surface area (TPSA) is 47.3 Å². The van der Waals surface area contributed by atoms with Crippen molar-refractivity contribution in [3.8, 4) is 6.07 Å². The SMILES string of the molecule is N#CCN(CCO)c1cc(Br)ccc1Cl. The van der Waals surface area contributed by atoms with E-state index in [1.54, 1.807) is 11.0 Å². The molecule has 1 aromatic rings. The van der Waals surface area contributed by atoms with Crippen LogP contribution in [0.4, 0.5) is 5.69 Å².